The van der Waals surface area contributed by atoms with Gasteiger partial charge in [0.05, 0.1) is 13.2 Å². The van der Waals surface area contributed by atoms with Crippen LogP contribution in [0.2, 0.25) is 5.15 Å². The van der Waals surface area contributed by atoms with Gasteiger partial charge in [-0.1, -0.05) is 11.6 Å². The molecule has 0 aromatic carbocycles. The Labute approximate surface area is 95.0 Å². The van der Waals surface area contributed by atoms with Crippen LogP contribution < -0.4 is 0 Å². The molecule has 0 saturated carbocycles. The Morgan fingerprint density at radius 3 is 3.27 bits per heavy atom. The summed E-state index contributed by atoms with van der Waals surface area (Å²) in [5.74, 6) is 0. The molecule has 0 N–H and O–H groups in total. The second-order valence-electron chi connectivity index (χ2n) is 3.88. The van der Waals surface area contributed by atoms with Crippen molar-refractivity contribution >= 4 is 11.6 Å². The molecule has 1 saturated heterocycles. The Morgan fingerprint density at radius 1 is 1.67 bits per heavy atom. The molecule has 1 aromatic heterocycles. The Bertz CT molecular complexity index is 332. The van der Waals surface area contributed by atoms with E-state index < -0.39 is 0 Å². The minimum atomic E-state index is 0.477. The summed E-state index contributed by atoms with van der Waals surface area (Å²) in [5, 5.41) is 0.563. The van der Waals surface area contributed by atoms with Gasteiger partial charge in [-0.3, -0.25) is 4.90 Å². The second kappa shape index (κ2) is 4.92. The van der Waals surface area contributed by atoms with Gasteiger partial charge in [0, 0.05) is 25.3 Å². The van der Waals surface area contributed by atoms with Gasteiger partial charge in [0.15, 0.2) is 0 Å². The summed E-state index contributed by atoms with van der Waals surface area (Å²) in [6.45, 7) is 5.73. The molecule has 1 unspecified atom stereocenters. The number of ether oxygens (including phenoxy) is 1. The van der Waals surface area contributed by atoms with Crippen LogP contribution in [0.5, 0.6) is 0 Å². The van der Waals surface area contributed by atoms with Crippen LogP contribution in [-0.4, -0.2) is 35.7 Å². The standard InChI is InChI=1S/C11H15ClN2O/c1-9-8-15-5-4-14(9)7-10-2-3-13-11(12)6-10/h2-3,6,9H,4-5,7-8H2,1H3. The first kappa shape index (κ1) is 10.9. The van der Waals surface area contributed by atoms with Crippen LogP contribution >= 0.6 is 11.6 Å². The Kier molecular flexibility index (Phi) is 3.57. The van der Waals surface area contributed by atoms with E-state index in [0.717, 1.165) is 26.3 Å². The van der Waals surface area contributed by atoms with E-state index in [1.807, 2.05) is 12.1 Å². The predicted octanol–water partition coefficient (Wildman–Crippen LogP) is 1.96. The summed E-state index contributed by atoms with van der Waals surface area (Å²) >= 11 is 5.84. The van der Waals surface area contributed by atoms with Gasteiger partial charge in [0.1, 0.15) is 5.15 Å². The molecule has 1 aromatic rings. The highest BCUT2D eigenvalue weighted by Gasteiger charge is 2.18. The Balaban J connectivity index is 2.01. The molecule has 0 radical (unpaired) electrons. The highest BCUT2D eigenvalue weighted by atomic mass is 35.5. The zero-order valence-electron chi connectivity index (χ0n) is 8.82. The first-order valence-electron chi connectivity index (χ1n) is 5.18. The SMILES string of the molecule is CC1COCCN1Cc1ccnc(Cl)c1. The van der Waals surface area contributed by atoms with E-state index in [9.17, 15) is 0 Å². The second-order valence-corrected chi connectivity index (χ2v) is 4.27. The van der Waals surface area contributed by atoms with Gasteiger partial charge < -0.3 is 4.74 Å². The van der Waals surface area contributed by atoms with Crippen molar-refractivity contribution in [3.05, 3.63) is 29.0 Å². The van der Waals surface area contributed by atoms with Crippen LogP contribution in [0.25, 0.3) is 0 Å². The lowest BCUT2D eigenvalue weighted by Gasteiger charge is -2.33. The molecule has 2 rings (SSSR count). The van der Waals surface area contributed by atoms with Crippen molar-refractivity contribution in [1.82, 2.24) is 9.88 Å². The largest absolute Gasteiger partial charge is 0.379 e. The molecule has 0 aliphatic carbocycles. The minimum absolute atomic E-state index is 0.477. The molecule has 1 aliphatic heterocycles. The van der Waals surface area contributed by atoms with Gasteiger partial charge in [-0.05, 0) is 24.6 Å². The lowest BCUT2D eigenvalue weighted by molar-refractivity contribution is -0.00437. The summed E-state index contributed by atoms with van der Waals surface area (Å²) < 4.78 is 5.39. The summed E-state index contributed by atoms with van der Waals surface area (Å²) in [6, 6.07) is 4.41. The van der Waals surface area contributed by atoms with Crippen molar-refractivity contribution in [3.8, 4) is 0 Å². The third-order valence-corrected chi connectivity index (χ3v) is 2.89. The van der Waals surface area contributed by atoms with Crippen molar-refractivity contribution in [2.24, 2.45) is 0 Å². The van der Waals surface area contributed by atoms with Crippen molar-refractivity contribution in [2.45, 2.75) is 19.5 Å². The van der Waals surface area contributed by atoms with Crippen molar-refractivity contribution < 1.29 is 4.74 Å². The van der Waals surface area contributed by atoms with Crippen LogP contribution in [-0.2, 0) is 11.3 Å². The van der Waals surface area contributed by atoms with Crippen LogP contribution in [0.4, 0.5) is 0 Å². The topological polar surface area (TPSA) is 25.4 Å². The number of hydrogen-bond donors (Lipinski definition) is 0. The van der Waals surface area contributed by atoms with E-state index in [2.05, 4.69) is 16.8 Å². The molecule has 1 aliphatic rings. The number of pyridine rings is 1. The van der Waals surface area contributed by atoms with E-state index in [1.54, 1.807) is 6.20 Å². The van der Waals surface area contributed by atoms with E-state index >= 15 is 0 Å². The lowest BCUT2D eigenvalue weighted by Crippen LogP contribution is -2.42. The fraction of sp³-hybridized carbons (Fsp3) is 0.545. The molecule has 3 nitrogen and oxygen atoms in total. The molecule has 82 valence electrons. The maximum atomic E-state index is 5.84. The monoisotopic (exact) mass is 226 g/mol. The van der Waals surface area contributed by atoms with E-state index in [4.69, 9.17) is 16.3 Å². The van der Waals surface area contributed by atoms with Crippen LogP contribution in [0.15, 0.2) is 18.3 Å². The Hall–Kier alpha value is -0.640. The van der Waals surface area contributed by atoms with E-state index in [1.165, 1.54) is 5.56 Å². The predicted molar refractivity (Wildman–Crippen MR) is 59.9 cm³/mol. The maximum Gasteiger partial charge on any atom is 0.129 e. The van der Waals surface area contributed by atoms with Gasteiger partial charge in [-0.2, -0.15) is 0 Å². The molecule has 0 amide bonds. The fourth-order valence-electron chi connectivity index (χ4n) is 1.77. The van der Waals surface area contributed by atoms with Gasteiger partial charge in [0.25, 0.3) is 0 Å². The van der Waals surface area contributed by atoms with Crippen molar-refractivity contribution in [2.75, 3.05) is 19.8 Å². The molecule has 0 bridgehead atoms. The third kappa shape index (κ3) is 2.91. The van der Waals surface area contributed by atoms with Gasteiger partial charge in [0.2, 0.25) is 0 Å². The highest BCUT2D eigenvalue weighted by molar-refractivity contribution is 6.29. The smallest absolute Gasteiger partial charge is 0.129 e. The van der Waals surface area contributed by atoms with Crippen LogP contribution in [0.1, 0.15) is 12.5 Å². The summed E-state index contributed by atoms with van der Waals surface area (Å²) in [7, 11) is 0. The first-order valence-corrected chi connectivity index (χ1v) is 5.56. The number of morpholine rings is 1. The fourth-order valence-corrected chi connectivity index (χ4v) is 1.97. The van der Waals surface area contributed by atoms with Crippen LogP contribution in [0, 0.1) is 0 Å². The number of rotatable bonds is 2. The van der Waals surface area contributed by atoms with E-state index in [-0.39, 0.29) is 0 Å². The van der Waals surface area contributed by atoms with Gasteiger partial charge in [-0.25, -0.2) is 4.98 Å². The van der Waals surface area contributed by atoms with Gasteiger partial charge in [-0.15, -0.1) is 0 Å². The molecular formula is C11H15ClN2O. The molecule has 1 atom stereocenters. The van der Waals surface area contributed by atoms with Crippen LogP contribution in [0.3, 0.4) is 0 Å². The van der Waals surface area contributed by atoms with Crippen molar-refractivity contribution in [3.63, 3.8) is 0 Å². The molecule has 15 heavy (non-hydrogen) atoms. The average Bonchev–Trinajstić information content (AvgIpc) is 2.22. The van der Waals surface area contributed by atoms with Crippen molar-refractivity contribution in [1.29, 1.82) is 0 Å². The summed E-state index contributed by atoms with van der Waals surface area (Å²) in [6.07, 6.45) is 1.75. The number of nitrogens with zero attached hydrogens (tertiary/aromatic N) is 2. The maximum absolute atomic E-state index is 5.84. The van der Waals surface area contributed by atoms with Gasteiger partial charge >= 0.3 is 0 Å². The zero-order chi connectivity index (χ0) is 10.7. The lowest BCUT2D eigenvalue weighted by atomic mass is 10.2. The molecule has 1 fully saturated rings. The zero-order valence-corrected chi connectivity index (χ0v) is 9.57. The molecular weight excluding hydrogens is 212 g/mol. The molecule has 0 spiro atoms. The third-order valence-electron chi connectivity index (χ3n) is 2.68. The highest BCUT2D eigenvalue weighted by Crippen LogP contribution is 2.13. The Morgan fingerprint density at radius 2 is 2.53 bits per heavy atom. The minimum Gasteiger partial charge on any atom is -0.379 e. The quantitative estimate of drug-likeness (QED) is 0.721. The van der Waals surface area contributed by atoms with E-state index in [0.29, 0.717) is 11.2 Å². The summed E-state index contributed by atoms with van der Waals surface area (Å²) in [5.41, 5.74) is 1.21. The molecule has 4 heteroatoms. The average molecular weight is 227 g/mol. The number of halogens is 1. The normalized spacial score (nSPS) is 22.9. The number of aromatic nitrogens is 1. The first-order chi connectivity index (χ1) is 7.25. The molecule has 2 heterocycles. The number of hydrogen-bond acceptors (Lipinski definition) is 3. The summed E-state index contributed by atoms with van der Waals surface area (Å²) in [4.78, 5) is 6.37.